The van der Waals surface area contributed by atoms with Crippen LogP contribution in [0.15, 0.2) is 18.2 Å². The summed E-state index contributed by atoms with van der Waals surface area (Å²) in [4.78, 5) is 0. The van der Waals surface area contributed by atoms with E-state index < -0.39 is 0 Å². The second-order valence-corrected chi connectivity index (χ2v) is 5.68. The van der Waals surface area contributed by atoms with Crippen molar-refractivity contribution in [1.29, 1.82) is 0 Å². The van der Waals surface area contributed by atoms with Crippen LogP contribution in [-0.2, 0) is 20.1 Å². The summed E-state index contributed by atoms with van der Waals surface area (Å²) >= 11 is 6.34. The van der Waals surface area contributed by atoms with Gasteiger partial charge in [0, 0.05) is 18.7 Å². The van der Waals surface area contributed by atoms with Crippen LogP contribution < -0.4 is 10.5 Å². The molecule has 1 aromatic heterocycles. The van der Waals surface area contributed by atoms with Gasteiger partial charge in [0.15, 0.2) is 0 Å². The van der Waals surface area contributed by atoms with Crippen LogP contribution >= 0.6 is 11.6 Å². The van der Waals surface area contributed by atoms with Gasteiger partial charge >= 0.3 is 0 Å². The smallest absolute Gasteiger partial charge is 0.131 e. The van der Waals surface area contributed by atoms with Gasteiger partial charge in [0.25, 0.3) is 0 Å². The van der Waals surface area contributed by atoms with Crippen LogP contribution in [0.5, 0.6) is 5.75 Å². The van der Waals surface area contributed by atoms with Crippen LogP contribution in [0.4, 0.5) is 0 Å². The molecule has 0 bridgehead atoms. The van der Waals surface area contributed by atoms with E-state index in [1.165, 1.54) is 5.56 Å². The van der Waals surface area contributed by atoms with Crippen LogP contribution in [0, 0.1) is 6.92 Å². The number of ether oxygens (including phenoxy) is 1. The number of hydrogen-bond donors (Lipinski definition) is 1. The Balaban J connectivity index is 2.23. The molecule has 0 aliphatic heterocycles. The van der Waals surface area contributed by atoms with Crippen LogP contribution in [0.3, 0.4) is 0 Å². The Kier molecular flexibility index (Phi) is 4.91. The molecule has 1 aromatic carbocycles. The van der Waals surface area contributed by atoms with E-state index in [1.54, 1.807) is 4.68 Å². The lowest BCUT2D eigenvalue weighted by Gasteiger charge is -2.15. The minimum absolute atomic E-state index is 0.0758. The molecule has 0 saturated heterocycles. The second kappa shape index (κ2) is 6.50. The van der Waals surface area contributed by atoms with Gasteiger partial charge in [-0.05, 0) is 26.3 Å². The lowest BCUT2D eigenvalue weighted by atomic mass is 10.1. The quantitative estimate of drug-likeness (QED) is 0.919. The summed E-state index contributed by atoms with van der Waals surface area (Å²) < 4.78 is 7.71. The minimum Gasteiger partial charge on any atom is -0.487 e. The number of halogens is 1. The molecule has 1 heterocycles. The molecule has 0 saturated carbocycles. The molecule has 2 N–H and O–H groups in total. The van der Waals surface area contributed by atoms with Gasteiger partial charge in [0.05, 0.1) is 16.4 Å². The summed E-state index contributed by atoms with van der Waals surface area (Å²) in [6.45, 7) is 6.41. The highest BCUT2D eigenvalue weighted by molar-refractivity contribution is 6.31. The van der Waals surface area contributed by atoms with Crippen molar-refractivity contribution in [2.45, 2.75) is 39.8 Å². The molecule has 0 aliphatic carbocycles. The Morgan fingerprint density at radius 3 is 2.71 bits per heavy atom. The highest BCUT2D eigenvalue weighted by Gasteiger charge is 2.15. The minimum atomic E-state index is -0.0758. The molecule has 1 atom stereocenters. The van der Waals surface area contributed by atoms with Crippen molar-refractivity contribution in [2.75, 3.05) is 0 Å². The number of nitrogens with zero attached hydrogens (tertiary/aromatic N) is 2. The topological polar surface area (TPSA) is 53.1 Å². The van der Waals surface area contributed by atoms with Gasteiger partial charge in [-0.2, -0.15) is 5.10 Å². The van der Waals surface area contributed by atoms with Crippen molar-refractivity contribution in [3.63, 3.8) is 0 Å². The summed E-state index contributed by atoms with van der Waals surface area (Å²) in [6.07, 6.45) is 0.808. The molecular formula is C16H22ClN3O. The highest BCUT2D eigenvalue weighted by atomic mass is 35.5. The zero-order valence-corrected chi connectivity index (χ0v) is 13.7. The first-order valence-electron chi connectivity index (χ1n) is 7.13. The van der Waals surface area contributed by atoms with Gasteiger partial charge in [-0.1, -0.05) is 36.2 Å². The number of hydrogen-bond acceptors (Lipinski definition) is 3. The number of rotatable bonds is 5. The van der Waals surface area contributed by atoms with Crippen molar-refractivity contribution in [1.82, 2.24) is 9.78 Å². The summed E-state index contributed by atoms with van der Waals surface area (Å²) in [7, 11) is 1.88. The van der Waals surface area contributed by atoms with Gasteiger partial charge < -0.3 is 10.5 Å². The molecule has 0 aliphatic rings. The van der Waals surface area contributed by atoms with Crippen molar-refractivity contribution in [3.05, 3.63) is 45.7 Å². The summed E-state index contributed by atoms with van der Waals surface area (Å²) in [6, 6.07) is 5.96. The average molecular weight is 308 g/mol. The third-order valence-corrected chi connectivity index (χ3v) is 3.96. The van der Waals surface area contributed by atoms with Crippen molar-refractivity contribution in [3.8, 4) is 5.75 Å². The normalized spacial score (nSPS) is 12.5. The average Bonchev–Trinajstić information content (AvgIpc) is 2.72. The predicted octanol–water partition coefficient (Wildman–Crippen LogP) is 3.54. The number of benzene rings is 1. The molecule has 5 heteroatoms. The molecule has 0 spiro atoms. The summed E-state index contributed by atoms with van der Waals surface area (Å²) in [5, 5.41) is 5.08. The lowest BCUT2D eigenvalue weighted by molar-refractivity contribution is 0.290. The highest BCUT2D eigenvalue weighted by Crippen LogP contribution is 2.27. The van der Waals surface area contributed by atoms with Crippen LogP contribution in [0.2, 0.25) is 5.02 Å². The molecule has 0 unspecified atom stereocenters. The van der Waals surface area contributed by atoms with E-state index in [0.717, 1.165) is 29.1 Å². The molecule has 2 rings (SSSR count). The van der Waals surface area contributed by atoms with Gasteiger partial charge in [0.1, 0.15) is 12.4 Å². The Morgan fingerprint density at radius 1 is 1.43 bits per heavy atom. The van der Waals surface area contributed by atoms with Crippen LogP contribution in [0.1, 0.15) is 42.4 Å². The SMILES string of the molecule is CCc1nn(C)c(COc2ccc(C)cc2[C@H](C)N)c1Cl. The molecule has 0 fully saturated rings. The fraction of sp³-hybridized carbons (Fsp3) is 0.438. The standard InChI is InChI=1S/C16H22ClN3O/c1-5-13-16(17)14(20(4)19-13)9-21-15-7-6-10(2)8-12(15)11(3)18/h6-8,11H,5,9,18H2,1-4H3/t11-/m0/s1. The zero-order chi connectivity index (χ0) is 15.6. The van der Waals surface area contributed by atoms with Crippen LogP contribution in [-0.4, -0.2) is 9.78 Å². The maximum atomic E-state index is 6.34. The predicted molar refractivity (Wildman–Crippen MR) is 85.7 cm³/mol. The molecular weight excluding hydrogens is 286 g/mol. The first-order chi connectivity index (χ1) is 9.93. The van der Waals surface area contributed by atoms with Crippen molar-refractivity contribution in [2.24, 2.45) is 12.8 Å². The largest absolute Gasteiger partial charge is 0.487 e. The Morgan fingerprint density at radius 2 is 2.14 bits per heavy atom. The number of aromatic nitrogens is 2. The maximum Gasteiger partial charge on any atom is 0.131 e. The third-order valence-electron chi connectivity index (χ3n) is 3.52. The van der Waals surface area contributed by atoms with Crippen molar-refractivity contribution >= 4 is 11.6 Å². The molecule has 2 aromatic rings. The zero-order valence-electron chi connectivity index (χ0n) is 13.0. The lowest BCUT2D eigenvalue weighted by Crippen LogP contribution is -2.10. The van der Waals surface area contributed by atoms with Gasteiger partial charge in [-0.15, -0.1) is 0 Å². The molecule has 0 amide bonds. The van der Waals surface area contributed by atoms with Gasteiger partial charge in [-0.3, -0.25) is 4.68 Å². The third kappa shape index (κ3) is 3.39. The Bertz CT molecular complexity index is 635. The van der Waals surface area contributed by atoms with E-state index in [-0.39, 0.29) is 6.04 Å². The summed E-state index contributed by atoms with van der Waals surface area (Å²) in [5.74, 6) is 0.797. The number of aryl methyl sites for hydroxylation is 3. The molecule has 4 nitrogen and oxygen atoms in total. The summed E-state index contributed by atoms with van der Waals surface area (Å²) in [5.41, 5.74) is 9.96. The Labute approximate surface area is 130 Å². The second-order valence-electron chi connectivity index (χ2n) is 5.30. The molecule has 114 valence electrons. The van der Waals surface area contributed by atoms with Gasteiger partial charge in [-0.25, -0.2) is 0 Å². The van der Waals surface area contributed by atoms with E-state index in [4.69, 9.17) is 22.1 Å². The molecule has 0 radical (unpaired) electrons. The van der Waals surface area contributed by atoms with E-state index in [9.17, 15) is 0 Å². The van der Waals surface area contributed by atoms with E-state index in [1.807, 2.05) is 40.0 Å². The van der Waals surface area contributed by atoms with Gasteiger partial charge in [0.2, 0.25) is 0 Å². The van der Waals surface area contributed by atoms with Crippen LogP contribution in [0.25, 0.3) is 0 Å². The first kappa shape index (κ1) is 15.9. The fourth-order valence-corrected chi connectivity index (χ4v) is 2.63. The maximum absolute atomic E-state index is 6.34. The number of nitrogens with two attached hydrogens (primary N) is 1. The first-order valence-corrected chi connectivity index (χ1v) is 7.51. The van der Waals surface area contributed by atoms with E-state index in [2.05, 4.69) is 11.2 Å². The van der Waals surface area contributed by atoms with Crippen molar-refractivity contribution < 1.29 is 4.74 Å². The van der Waals surface area contributed by atoms with E-state index >= 15 is 0 Å². The molecule has 21 heavy (non-hydrogen) atoms. The Hall–Kier alpha value is -1.52. The van der Waals surface area contributed by atoms with E-state index in [0.29, 0.717) is 11.6 Å². The fourth-order valence-electron chi connectivity index (χ4n) is 2.28. The monoisotopic (exact) mass is 307 g/mol.